The molecule has 0 saturated carbocycles. The number of thioether (sulfide) groups is 1. The molecule has 0 bridgehead atoms. The molecule has 0 saturated heterocycles. The van der Waals surface area contributed by atoms with Crippen molar-refractivity contribution in [3.63, 3.8) is 0 Å². The van der Waals surface area contributed by atoms with Crippen LogP contribution in [0, 0.1) is 0 Å². The highest BCUT2D eigenvalue weighted by Gasteiger charge is 2.18. The Morgan fingerprint density at radius 3 is 2.86 bits per heavy atom. The predicted molar refractivity (Wildman–Crippen MR) is 84.5 cm³/mol. The van der Waals surface area contributed by atoms with Crippen molar-refractivity contribution in [2.45, 2.75) is 37.9 Å². The highest BCUT2D eigenvalue weighted by molar-refractivity contribution is 7.99. The van der Waals surface area contributed by atoms with Crippen molar-refractivity contribution in [3.8, 4) is 0 Å². The summed E-state index contributed by atoms with van der Waals surface area (Å²) < 4.78 is 7.36. The number of pyridine rings is 1. The summed E-state index contributed by atoms with van der Waals surface area (Å²) in [5, 5.41) is 4.00. The maximum Gasteiger partial charge on any atom is 0.316 e. The van der Waals surface area contributed by atoms with Crippen LogP contribution in [0.5, 0.6) is 0 Å². The molecule has 1 N–H and O–H groups in total. The van der Waals surface area contributed by atoms with Crippen LogP contribution in [0.2, 0.25) is 0 Å². The van der Waals surface area contributed by atoms with Gasteiger partial charge in [0, 0.05) is 12.7 Å². The molecular formula is C15H21N3O2S. The fourth-order valence-electron chi connectivity index (χ4n) is 1.97. The van der Waals surface area contributed by atoms with Crippen LogP contribution in [0.15, 0.2) is 29.4 Å². The Hall–Kier alpha value is -1.53. The number of nitrogens with one attached hydrogen (secondary N) is 1. The van der Waals surface area contributed by atoms with E-state index in [-0.39, 0.29) is 11.7 Å². The third-order valence-electron chi connectivity index (χ3n) is 2.68. The maximum atomic E-state index is 11.8. The molecule has 2 rings (SSSR count). The third kappa shape index (κ3) is 4.22. The van der Waals surface area contributed by atoms with Crippen molar-refractivity contribution in [1.29, 1.82) is 0 Å². The number of aromatic nitrogens is 2. The van der Waals surface area contributed by atoms with E-state index in [1.807, 2.05) is 56.6 Å². The second-order valence-corrected chi connectivity index (χ2v) is 6.66. The summed E-state index contributed by atoms with van der Waals surface area (Å²) in [5.41, 5.74) is 1.49. The number of imidazole rings is 1. The highest BCUT2D eigenvalue weighted by atomic mass is 32.2. The molecule has 0 radical (unpaired) electrons. The SMILES string of the molecule is CNCc1c(SCC(=O)OC(C)(C)C)nc2ccccn12. The lowest BCUT2D eigenvalue weighted by Gasteiger charge is -2.19. The van der Waals surface area contributed by atoms with E-state index in [1.54, 1.807) is 0 Å². The van der Waals surface area contributed by atoms with Gasteiger partial charge in [-0.1, -0.05) is 17.8 Å². The van der Waals surface area contributed by atoms with Gasteiger partial charge in [-0.05, 0) is 40.0 Å². The minimum atomic E-state index is -0.454. The van der Waals surface area contributed by atoms with E-state index in [9.17, 15) is 4.79 Å². The first-order valence-corrected chi connectivity index (χ1v) is 7.84. The quantitative estimate of drug-likeness (QED) is 0.679. The van der Waals surface area contributed by atoms with Gasteiger partial charge < -0.3 is 14.5 Å². The minimum Gasteiger partial charge on any atom is -0.459 e. The summed E-state index contributed by atoms with van der Waals surface area (Å²) in [4.78, 5) is 16.4. The van der Waals surface area contributed by atoms with Crippen molar-refractivity contribution in [2.24, 2.45) is 0 Å². The number of carbonyl (C=O) groups excluding carboxylic acids is 1. The smallest absolute Gasteiger partial charge is 0.316 e. The fourth-order valence-corrected chi connectivity index (χ4v) is 2.78. The van der Waals surface area contributed by atoms with E-state index in [1.165, 1.54) is 11.8 Å². The minimum absolute atomic E-state index is 0.222. The molecule has 0 atom stereocenters. The van der Waals surface area contributed by atoms with Crippen molar-refractivity contribution >= 4 is 23.4 Å². The molecule has 0 unspecified atom stereocenters. The average molecular weight is 307 g/mol. The molecule has 0 aliphatic carbocycles. The lowest BCUT2D eigenvalue weighted by atomic mass is 10.2. The molecule has 0 aliphatic heterocycles. The summed E-state index contributed by atoms with van der Waals surface area (Å²) in [6, 6.07) is 5.88. The largest absolute Gasteiger partial charge is 0.459 e. The summed E-state index contributed by atoms with van der Waals surface area (Å²) in [6.45, 7) is 6.30. The predicted octanol–water partition coefficient (Wildman–Crippen LogP) is 2.49. The number of nitrogens with zero attached hydrogens (tertiary/aromatic N) is 2. The van der Waals surface area contributed by atoms with Gasteiger partial charge in [0.15, 0.2) is 0 Å². The van der Waals surface area contributed by atoms with Gasteiger partial charge in [-0.25, -0.2) is 4.98 Å². The molecule has 2 heterocycles. The van der Waals surface area contributed by atoms with Crippen LogP contribution in [0.4, 0.5) is 0 Å². The number of rotatable bonds is 5. The molecule has 0 aromatic carbocycles. The lowest BCUT2D eigenvalue weighted by molar-refractivity contribution is -0.151. The monoisotopic (exact) mass is 307 g/mol. The summed E-state index contributed by atoms with van der Waals surface area (Å²) >= 11 is 1.42. The number of fused-ring (bicyclic) bond motifs is 1. The Morgan fingerprint density at radius 2 is 2.19 bits per heavy atom. The summed E-state index contributed by atoms with van der Waals surface area (Å²) in [6.07, 6.45) is 1.98. The van der Waals surface area contributed by atoms with Gasteiger partial charge in [0.2, 0.25) is 0 Å². The van der Waals surface area contributed by atoms with E-state index in [4.69, 9.17) is 4.74 Å². The van der Waals surface area contributed by atoms with Crippen LogP contribution in [-0.2, 0) is 16.1 Å². The lowest BCUT2D eigenvalue weighted by Crippen LogP contribution is -2.25. The highest BCUT2D eigenvalue weighted by Crippen LogP contribution is 2.24. The average Bonchev–Trinajstić information content (AvgIpc) is 2.73. The number of hydrogen-bond acceptors (Lipinski definition) is 5. The number of carbonyl (C=O) groups is 1. The zero-order valence-electron chi connectivity index (χ0n) is 12.8. The van der Waals surface area contributed by atoms with Crippen LogP contribution >= 0.6 is 11.8 Å². The maximum absolute atomic E-state index is 11.8. The molecule has 0 fully saturated rings. The van der Waals surface area contributed by atoms with Gasteiger partial charge in [-0.15, -0.1) is 0 Å². The normalized spacial score (nSPS) is 11.8. The van der Waals surface area contributed by atoms with Crippen LogP contribution in [0.3, 0.4) is 0 Å². The Balaban J connectivity index is 2.14. The van der Waals surface area contributed by atoms with Crippen LogP contribution < -0.4 is 5.32 Å². The standard InChI is InChI=1S/C15H21N3O2S/c1-15(2,3)20-13(19)10-21-14-11(9-16-4)18-8-6-5-7-12(18)17-14/h5-8,16H,9-10H2,1-4H3. The van der Waals surface area contributed by atoms with E-state index >= 15 is 0 Å². The van der Waals surface area contributed by atoms with Gasteiger partial charge in [0.05, 0.1) is 11.4 Å². The fraction of sp³-hybridized carbons (Fsp3) is 0.467. The molecule has 6 heteroatoms. The van der Waals surface area contributed by atoms with Gasteiger partial charge in [0.25, 0.3) is 0 Å². The Kier molecular flexibility index (Phi) is 4.90. The molecule has 5 nitrogen and oxygen atoms in total. The van der Waals surface area contributed by atoms with E-state index in [0.29, 0.717) is 6.54 Å². The summed E-state index contributed by atoms with van der Waals surface area (Å²) in [7, 11) is 1.89. The molecule has 0 amide bonds. The number of ether oxygens (including phenoxy) is 1. The molecule has 0 spiro atoms. The molecule has 114 valence electrons. The Morgan fingerprint density at radius 1 is 1.43 bits per heavy atom. The first-order chi connectivity index (χ1) is 9.90. The van der Waals surface area contributed by atoms with Crippen LogP contribution in [-0.4, -0.2) is 33.8 Å². The van der Waals surface area contributed by atoms with Gasteiger partial charge >= 0.3 is 5.97 Å². The van der Waals surface area contributed by atoms with Crippen LogP contribution in [0.25, 0.3) is 5.65 Å². The van der Waals surface area contributed by atoms with E-state index < -0.39 is 5.60 Å². The Bertz CT molecular complexity index is 631. The number of esters is 1. The zero-order valence-corrected chi connectivity index (χ0v) is 13.7. The van der Waals surface area contributed by atoms with Gasteiger partial charge in [-0.2, -0.15) is 0 Å². The second-order valence-electron chi connectivity index (χ2n) is 5.70. The third-order valence-corrected chi connectivity index (χ3v) is 3.66. The molecule has 2 aromatic rings. The second kappa shape index (κ2) is 6.49. The molecular weight excluding hydrogens is 286 g/mol. The summed E-state index contributed by atoms with van der Waals surface area (Å²) in [5.74, 6) is 0.0395. The first kappa shape index (κ1) is 15.9. The topological polar surface area (TPSA) is 55.6 Å². The van der Waals surface area contributed by atoms with Crippen LogP contribution in [0.1, 0.15) is 26.5 Å². The van der Waals surface area contributed by atoms with Crippen molar-refractivity contribution < 1.29 is 9.53 Å². The molecule has 21 heavy (non-hydrogen) atoms. The van der Waals surface area contributed by atoms with E-state index in [0.717, 1.165) is 16.4 Å². The van der Waals surface area contributed by atoms with Gasteiger partial charge in [0.1, 0.15) is 16.3 Å². The number of hydrogen-bond donors (Lipinski definition) is 1. The molecule has 0 aliphatic rings. The molecule has 2 aromatic heterocycles. The van der Waals surface area contributed by atoms with Gasteiger partial charge in [-0.3, -0.25) is 4.79 Å². The van der Waals surface area contributed by atoms with E-state index in [2.05, 4.69) is 10.3 Å². The van der Waals surface area contributed by atoms with Crippen molar-refractivity contribution in [2.75, 3.05) is 12.8 Å². The van der Waals surface area contributed by atoms with Crippen molar-refractivity contribution in [1.82, 2.24) is 14.7 Å². The Labute approximate surface area is 129 Å². The first-order valence-electron chi connectivity index (χ1n) is 6.86. The van der Waals surface area contributed by atoms with Crippen molar-refractivity contribution in [3.05, 3.63) is 30.1 Å². The zero-order chi connectivity index (χ0) is 15.5.